The predicted molar refractivity (Wildman–Crippen MR) is 67.2 cm³/mol. The fourth-order valence-corrected chi connectivity index (χ4v) is 1.09. The van der Waals surface area contributed by atoms with Crippen molar-refractivity contribution in [3.05, 3.63) is 12.4 Å². The fraction of sp³-hybridized carbons (Fsp3) is 0.500. The summed E-state index contributed by atoms with van der Waals surface area (Å²) >= 11 is 0. The average Bonchev–Trinajstić information content (AvgIpc) is 2.34. The molecule has 0 unspecified atom stereocenters. The Morgan fingerprint density at radius 2 is 2.00 bits per heavy atom. The van der Waals surface area contributed by atoms with Crippen LogP contribution in [-0.2, 0) is 0 Å². The molecule has 17 heavy (non-hydrogen) atoms. The molecule has 0 aliphatic rings. The van der Waals surface area contributed by atoms with Gasteiger partial charge in [0.1, 0.15) is 11.6 Å². The molecule has 1 aromatic rings. The average molecular weight is 238 g/mol. The highest BCUT2D eigenvalue weighted by atomic mass is 16.2. The molecule has 1 aromatic heterocycles. The van der Waals surface area contributed by atoms with Crippen LogP contribution in [0.5, 0.6) is 0 Å². The molecule has 0 bridgehead atoms. The van der Waals surface area contributed by atoms with Gasteiger partial charge in [0.25, 0.3) is 0 Å². The Kier molecular flexibility index (Phi) is 4.99. The lowest BCUT2D eigenvalue weighted by Gasteiger charge is -2.12. The van der Waals surface area contributed by atoms with Crippen LogP contribution in [-0.4, -0.2) is 55.1 Å². The normalized spacial score (nSPS) is 9.59. The molecule has 1 heterocycles. The maximum absolute atomic E-state index is 11.2. The van der Waals surface area contributed by atoms with Gasteiger partial charge in [0, 0.05) is 34.2 Å². The van der Waals surface area contributed by atoms with Gasteiger partial charge in [-0.2, -0.15) is 0 Å². The summed E-state index contributed by atoms with van der Waals surface area (Å²) < 4.78 is 0. The van der Waals surface area contributed by atoms with Crippen LogP contribution in [0.25, 0.3) is 0 Å². The molecule has 1 rings (SSSR count). The van der Waals surface area contributed by atoms with E-state index >= 15 is 0 Å². The van der Waals surface area contributed by atoms with Crippen molar-refractivity contribution in [2.45, 2.75) is 0 Å². The lowest BCUT2D eigenvalue weighted by Crippen LogP contribution is -2.37. The summed E-state index contributed by atoms with van der Waals surface area (Å²) in [4.78, 5) is 20.9. The second-order valence-electron chi connectivity index (χ2n) is 3.59. The van der Waals surface area contributed by atoms with Crippen LogP contribution in [0.3, 0.4) is 0 Å². The Morgan fingerprint density at radius 1 is 1.29 bits per heavy atom. The van der Waals surface area contributed by atoms with E-state index in [2.05, 4.69) is 25.9 Å². The quantitative estimate of drug-likeness (QED) is 0.638. The van der Waals surface area contributed by atoms with E-state index < -0.39 is 0 Å². The molecule has 0 aliphatic heterocycles. The van der Waals surface area contributed by atoms with Crippen LogP contribution in [0, 0.1) is 0 Å². The first-order valence-corrected chi connectivity index (χ1v) is 5.32. The van der Waals surface area contributed by atoms with E-state index in [1.54, 1.807) is 33.5 Å². The number of anilines is 2. The number of carbonyl (C=O) groups excluding carboxylic acids is 1. The van der Waals surface area contributed by atoms with Gasteiger partial charge in [-0.3, -0.25) is 4.98 Å². The van der Waals surface area contributed by atoms with Crippen molar-refractivity contribution in [2.75, 3.05) is 44.9 Å². The first kappa shape index (κ1) is 13.0. The van der Waals surface area contributed by atoms with Gasteiger partial charge < -0.3 is 20.9 Å². The third-order valence-electron chi connectivity index (χ3n) is 2.00. The first-order chi connectivity index (χ1) is 8.13. The summed E-state index contributed by atoms with van der Waals surface area (Å²) in [7, 11) is 5.18. The van der Waals surface area contributed by atoms with Crippen molar-refractivity contribution in [2.24, 2.45) is 0 Å². The van der Waals surface area contributed by atoms with Crippen LogP contribution in [0.15, 0.2) is 12.4 Å². The number of aromatic nitrogens is 2. The molecule has 0 saturated heterocycles. The van der Waals surface area contributed by atoms with Gasteiger partial charge in [-0.05, 0) is 0 Å². The van der Waals surface area contributed by atoms with E-state index in [1.807, 2.05) is 0 Å². The Labute approximate surface area is 101 Å². The number of nitrogens with one attached hydrogen (secondary N) is 3. The standard InChI is InChI=1S/C10H18N6O/c1-11-8-6-12-7-9(15-8)13-4-5-14-10(17)16(2)3/h6-7H,4-5H2,1-3H3,(H,14,17)(H2,11,13,15). The van der Waals surface area contributed by atoms with Gasteiger partial charge in [0.2, 0.25) is 0 Å². The van der Waals surface area contributed by atoms with E-state index in [9.17, 15) is 4.79 Å². The number of hydrogen-bond acceptors (Lipinski definition) is 5. The molecule has 94 valence electrons. The molecule has 0 aromatic carbocycles. The molecule has 3 N–H and O–H groups in total. The maximum Gasteiger partial charge on any atom is 0.316 e. The second kappa shape index (κ2) is 6.51. The van der Waals surface area contributed by atoms with Crippen LogP contribution in [0.2, 0.25) is 0 Å². The highest BCUT2D eigenvalue weighted by Gasteiger charge is 2.01. The minimum atomic E-state index is -0.109. The second-order valence-corrected chi connectivity index (χ2v) is 3.59. The van der Waals surface area contributed by atoms with Crippen molar-refractivity contribution < 1.29 is 4.79 Å². The molecule has 7 nitrogen and oxygen atoms in total. The molecular formula is C10H18N6O. The maximum atomic E-state index is 11.2. The highest BCUT2D eigenvalue weighted by Crippen LogP contribution is 2.04. The summed E-state index contributed by atoms with van der Waals surface area (Å²) in [6.07, 6.45) is 3.27. The van der Waals surface area contributed by atoms with Crippen LogP contribution >= 0.6 is 0 Å². The largest absolute Gasteiger partial charge is 0.372 e. The van der Waals surface area contributed by atoms with Crippen molar-refractivity contribution >= 4 is 17.7 Å². The minimum Gasteiger partial charge on any atom is -0.372 e. The number of amides is 2. The van der Waals surface area contributed by atoms with Crippen molar-refractivity contribution in [1.82, 2.24) is 20.2 Å². The summed E-state index contributed by atoms with van der Waals surface area (Å²) in [6.45, 7) is 1.13. The lowest BCUT2D eigenvalue weighted by atomic mass is 10.5. The summed E-state index contributed by atoms with van der Waals surface area (Å²) in [5.74, 6) is 1.38. The van der Waals surface area contributed by atoms with Crippen molar-refractivity contribution in [3.63, 3.8) is 0 Å². The van der Waals surface area contributed by atoms with Gasteiger partial charge in [-0.15, -0.1) is 0 Å². The summed E-state index contributed by atoms with van der Waals surface area (Å²) in [5.41, 5.74) is 0. The van der Waals surface area contributed by atoms with Crippen molar-refractivity contribution in [3.8, 4) is 0 Å². The molecular weight excluding hydrogens is 220 g/mol. The molecule has 2 amide bonds. The van der Waals surface area contributed by atoms with E-state index in [0.717, 1.165) is 0 Å². The Hall–Kier alpha value is -2.05. The lowest BCUT2D eigenvalue weighted by molar-refractivity contribution is 0.218. The van der Waals surface area contributed by atoms with Gasteiger partial charge >= 0.3 is 6.03 Å². The molecule has 0 saturated carbocycles. The van der Waals surface area contributed by atoms with E-state index in [0.29, 0.717) is 24.7 Å². The third kappa shape index (κ3) is 4.54. The van der Waals surface area contributed by atoms with E-state index in [-0.39, 0.29) is 6.03 Å². The molecule has 0 aliphatic carbocycles. The first-order valence-electron chi connectivity index (χ1n) is 5.32. The van der Waals surface area contributed by atoms with Crippen LogP contribution in [0.4, 0.5) is 16.4 Å². The molecule has 0 radical (unpaired) electrons. The zero-order valence-electron chi connectivity index (χ0n) is 10.3. The highest BCUT2D eigenvalue weighted by molar-refractivity contribution is 5.73. The van der Waals surface area contributed by atoms with Gasteiger partial charge in [0.05, 0.1) is 12.4 Å². The number of urea groups is 1. The minimum absolute atomic E-state index is 0.109. The monoisotopic (exact) mass is 238 g/mol. The van der Waals surface area contributed by atoms with Gasteiger partial charge in [-0.1, -0.05) is 0 Å². The molecule has 0 spiro atoms. The SMILES string of the molecule is CNc1cncc(NCCNC(=O)N(C)C)n1. The Balaban J connectivity index is 2.28. The molecule has 0 atom stereocenters. The number of nitrogens with zero attached hydrogens (tertiary/aromatic N) is 3. The van der Waals surface area contributed by atoms with Gasteiger partial charge in [0.15, 0.2) is 0 Å². The third-order valence-corrected chi connectivity index (χ3v) is 2.00. The molecule has 7 heteroatoms. The summed E-state index contributed by atoms with van der Waals surface area (Å²) in [5, 5.41) is 8.71. The Morgan fingerprint density at radius 3 is 2.65 bits per heavy atom. The Bertz CT molecular complexity index is 368. The number of carbonyl (C=O) groups is 1. The summed E-state index contributed by atoms with van der Waals surface area (Å²) in [6, 6.07) is -0.109. The van der Waals surface area contributed by atoms with E-state index in [1.165, 1.54) is 4.90 Å². The van der Waals surface area contributed by atoms with E-state index in [4.69, 9.17) is 0 Å². The van der Waals surface area contributed by atoms with Crippen LogP contribution in [0.1, 0.15) is 0 Å². The van der Waals surface area contributed by atoms with Crippen LogP contribution < -0.4 is 16.0 Å². The topological polar surface area (TPSA) is 82.2 Å². The molecule has 0 fully saturated rings. The van der Waals surface area contributed by atoms with Crippen molar-refractivity contribution in [1.29, 1.82) is 0 Å². The zero-order chi connectivity index (χ0) is 12.7. The smallest absolute Gasteiger partial charge is 0.316 e. The zero-order valence-corrected chi connectivity index (χ0v) is 10.3. The number of rotatable bonds is 5. The fourth-order valence-electron chi connectivity index (χ4n) is 1.09. The number of hydrogen-bond donors (Lipinski definition) is 3. The predicted octanol–water partition coefficient (Wildman–Crippen LogP) is 0.201. The van der Waals surface area contributed by atoms with Gasteiger partial charge in [-0.25, -0.2) is 9.78 Å².